The number of hydrogen-bond donors (Lipinski definition) is 3. The van der Waals surface area contributed by atoms with E-state index in [1.807, 2.05) is 0 Å². The molecule has 12 nitrogen and oxygen atoms in total. The average molecular weight is 801 g/mol. The van der Waals surface area contributed by atoms with Crippen molar-refractivity contribution in [1.82, 2.24) is 45.3 Å². The van der Waals surface area contributed by atoms with Crippen molar-refractivity contribution in [2.75, 3.05) is 6.54 Å². The van der Waals surface area contributed by atoms with Crippen LogP contribution in [0.3, 0.4) is 0 Å². The molecule has 2 aliphatic rings. The van der Waals surface area contributed by atoms with Crippen LogP contribution in [0.4, 0.5) is 35.1 Å². The Labute approximate surface area is 312 Å². The lowest BCUT2D eigenvalue weighted by Gasteiger charge is -2.37. The number of guanidine groups is 1. The first-order valence-electron chi connectivity index (χ1n) is 16.8. The molecule has 2 aromatic carbocycles. The number of alkyl halides is 8. The van der Waals surface area contributed by atoms with Gasteiger partial charge in [0.1, 0.15) is 23.5 Å². The second kappa shape index (κ2) is 14.2. The Morgan fingerprint density at radius 3 is 2.35 bits per heavy atom. The fourth-order valence-corrected chi connectivity index (χ4v) is 6.48. The van der Waals surface area contributed by atoms with E-state index in [0.29, 0.717) is 23.1 Å². The minimum atomic E-state index is -4.96. The van der Waals surface area contributed by atoms with Crippen molar-refractivity contribution in [2.24, 2.45) is 11.3 Å². The first-order chi connectivity index (χ1) is 25.6. The van der Waals surface area contributed by atoms with E-state index < -0.39 is 78.4 Å². The number of benzene rings is 2. The minimum Gasteiger partial charge on any atom is -0.353 e. The number of rotatable bonds is 12. The van der Waals surface area contributed by atoms with E-state index in [1.165, 1.54) is 48.7 Å². The summed E-state index contributed by atoms with van der Waals surface area (Å²) in [5.41, 5.74) is -4.06. The maximum absolute atomic E-state index is 14.8. The molecule has 2 amide bonds. The van der Waals surface area contributed by atoms with E-state index in [9.17, 15) is 44.7 Å². The summed E-state index contributed by atoms with van der Waals surface area (Å²) in [5, 5.41) is 25.8. The lowest BCUT2D eigenvalue weighted by Crippen LogP contribution is -2.51. The molecule has 1 aliphatic carbocycles. The molecule has 3 atom stereocenters. The van der Waals surface area contributed by atoms with E-state index in [4.69, 9.17) is 17.0 Å². The quantitative estimate of drug-likeness (QED) is 0.129. The molecule has 1 saturated heterocycles. The van der Waals surface area contributed by atoms with Gasteiger partial charge in [-0.15, -0.1) is 0 Å². The predicted octanol–water partition coefficient (Wildman–Crippen LogP) is 7.18. The van der Waals surface area contributed by atoms with Crippen LogP contribution < -0.4 is 10.6 Å². The van der Waals surface area contributed by atoms with Crippen molar-refractivity contribution >= 4 is 29.4 Å². The lowest BCUT2D eigenvalue weighted by atomic mass is 9.74. The third kappa shape index (κ3) is 7.59. The van der Waals surface area contributed by atoms with Gasteiger partial charge in [0.25, 0.3) is 5.91 Å². The summed E-state index contributed by atoms with van der Waals surface area (Å²) in [7, 11) is 0. The zero-order valence-electron chi connectivity index (χ0n) is 29.2. The number of nitrogens with one attached hydrogen (secondary N) is 3. The van der Waals surface area contributed by atoms with Gasteiger partial charge in [0.05, 0.1) is 28.7 Å². The van der Waals surface area contributed by atoms with Crippen LogP contribution in [0.5, 0.6) is 0 Å². The lowest BCUT2D eigenvalue weighted by molar-refractivity contribution is -0.218. The summed E-state index contributed by atoms with van der Waals surface area (Å²) in [6.07, 6.45) is -6.59. The smallest absolute Gasteiger partial charge is 0.353 e. The number of nitrogens with zero attached hydrogens (tertiary/aromatic N) is 7. The molecule has 2 aromatic heterocycles. The van der Waals surface area contributed by atoms with E-state index in [1.54, 1.807) is 4.80 Å². The summed E-state index contributed by atoms with van der Waals surface area (Å²) in [6, 6.07) is 8.08. The van der Waals surface area contributed by atoms with Crippen LogP contribution >= 0.6 is 11.6 Å². The predicted molar refractivity (Wildman–Crippen MR) is 180 cm³/mol. The molecule has 1 aliphatic heterocycles. The van der Waals surface area contributed by atoms with Crippen LogP contribution in [0.1, 0.15) is 69.8 Å². The molecule has 1 saturated carbocycles. The maximum Gasteiger partial charge on any atom is 0.400 e. The van der Waals surface area contributed by atoms with Gasteiger partial charge in [-0.25, -0.2) is 4.98 Å². The normalized spacial score (nSPS) is 19.2. The number of aromatic nitrogens is 6. The Bertz CT molecular complexity index is 2100. The van der Waals surface area contributed by atoms with Gasteiger partial charge < -0.3 is 10.6 Å². The topological polar surface area (TPSA) is 147 Å². The van der Waals surface area contributed by atoms with Crippen molar-refractivity contribution in [3.05, 3.63) is 71.1 Å². The average Bonchev–Trinajstić information content (AvgIpc) is 3.52. The van der Waals surface area contributed by atoms with Gasteiger partial charge in [0.15, 0.2) is 11.8 Å². The Balaban J connectivity index is 1.44. The van der Waals surface area contributed by atoms with Gasteiger partial charge >= 0.3 is 18.9 Å². The van der Waals surface area contributed by atoms with E-state index in [2.05, 4.69) is 30.9 Å². The fourth-order valence-electron chi connectivity index (χ4n) is 6.28. The van der Waals surface area contributed by atoms with Gasteiger partial charge in [-0.05, 0) is 49.4 Å². The highest BCUT2D eigenvalue weighted by Crippen LogP contribution is 2.49. The summed E-state index contributed by atoms with van der Waals surface area (Å²) in [6.45, 7) is -1.62. The highest BCUT2D eigenvalue weighted by molar-refractivity contribution is 6.33. The second-order valence-electron chi connectivity index (χ2n) is 14.0. The molecule has 0 radical (unpaired) electrons. The molecule has 0 spiro atoms. The SMILES string of the molecule is C[C@H](C(=O)NC[C@H](c1ccc(Cl)c(-c2ncnn2C(F)F)c1)N1C(=N)N[C@](CC(C)(C)C(F)(F)F)(c2ccc(-c3cnn(C4CC4)n3)cc2)C1=O)C(F)(F)F. The maximum atomic E-state index is 14.8. The molecule has 2 fully saturated rings. The van der Waals surface area contributed by atoms with E-state index in [-0.39, 0.29) is 32.4 Å². The third-order valence-electron chi connectivity index (χ3n) is 9.73. The molecule has 21 heteroatoms. The monoisotopic (exact) mass is 800 g/mol. The standard InChI is InChI=1S/C34H33ClF8N10O2/c1-17(33(38,39)40)27(54)45-14-25(19-6-11-23(35)22(12-19)26-46-16-48-52(26)29(36)37)51-28(55)32(49-30(51)44,15-31(2,3)34(41,42)43)20-7-4-18(5-8-20)24-13-47-53(50-24)21-9-10-21/h4-8,11-13,16-17,21,25,29H,9-10,14-15H2,1-3H3,(H2,44,49)(H,45,54)/t17-,25-,32-/m1/s1. The highest BCUT2D eigenvalue weighted by Gasteiger charge is 2.60. The van der Waals surface area contributed by atoms with Crippen LogP contribution in [0.2, 0.25) is 5.02 Å². The van der Waals surface area contributed by atoms with Gasteiger partial charge in [-0.2, -0.15) is 59.9 Å². The molecule has 0 bridgehead atoms. The number of carbonyl (C=O) groups excluding carboxylic acids is 2. The molecule has 55 heavy (non-hydrogen) atoms. The summed E-state index contributed by atoms with van der Waals surface area (Å²) in [4.78, 5) is 33.7. The number of hydrogen-bond acceptors (Lipinski definition) is 7. The van der Waals surface area contributed by atoms with Gasteiger partial charge in [0.2, 0.25) is 5.91 Å². The Kier molecular flexibility index (Phi) is 10.2. The fraction of sp³-hybridized carbons (Fsp3) is 0.441. The molecule has 3 N–H and O–H groups in total. The minimum absolute atomic E-state index is 0.00993. The van der Waals surface area contributed by atoms with Gasteiger partial charge in [-0.3, -0.25) is 19.9 Å². The zero-order chi connectivity index (χ0) is 40.2. The number of halogens is 9. The van der Waals surface area contributed by atoms with Crippen molar-refractivity contribution in [1.29, 1.82) is 5.41 Å². The van der Waals surface area contributed by atoms with Crippen LogP contribution in [0, 0.1) is 16.7 Å². The summed E-state index contributed by atoms with van der Waals surface area (Å²) >= 11 is 6.35. The van der Waals surface area contributed by atoms with Crippen LogP contribution in [-0.4, -0.2) is 71.3 Å². The largest absolute Gasteiger partial charge is 0.400 e. The first-order valence-corrected chi connectivity index (χ1v) is 17.1. The van der Waals surface area contributed by atoms with Crippen molar-refractivity contribution in [2.45, 2.75) is 76.6 Å². The van der Waals surface area contributed by atoms with E-state index in [0.717, 1.165) is 33.0 Å². The second-order valence-corrected chi connectivity index (χ2v) is 14.4. The van der Waals surface area contributed by atoms with Crippen molar-refractivity contribution in [3.8, 4) is 22.6 Å². The molecule has 4 aromatic rings. The van der Waals surface area contributed by atoms with E-state index >= 15 is 0 Å². The molecular formula is C34H33ClF8N10O2. The Hall–Kier alpha value is -5.14. The van der Waals surface area contributed by atoms with Crippen LogP contribution in [-0.2, 0) is 15.1 Å². The zero-order valence-corrected chi connectivity index (χ0v) is 29.9. The Morgan fingerprint density at radius 2 is 1.75 bits per heavy atom. The summed E-state index contributed by atoms with van der Waals surface area (Å²) < 4.78 is 112. The highest BCUT2D eigenvalue weighted by atomic mass is 35.5. The van der Waals surface area contributed by atoms with Crippen molar-refractivity contribution < 1.29 is 44.7 Å². The molecular weight excluding hydrogens is 768 g/mol. The molecule has 6 rings (SSSR count). The van der Waals surface area contributed by atoms with Crippen LogP contribution in [0.25, 0.3) is 22.6 Å². The van der Waals surface area contributed by atoms with Gasteiger partial charge in [0, 0.05) is 17.7 Å². The molecule has 294 valence electrons. The summed E-state index contributed by atoms with van der Waals surface area (Å²) in [5.74, 6) is -6.32. The number of carbonyl (C=O) groups is 2. The third-order valence-corrected chi connectivity index (χ3v) is 10.1. The number of amides is 2. The van der Waals surface area contributed by atoms with Crippen molar-refractivity contribution in [3.63, 3.8) is 0 Å². The molecule has 3 heterocycles. The van der Waals surface area contributed by atoms with Gasteiger partial charge in [-0.1, -0.05) is 55.8 Å². The first kappa shape index (κ1) is 39.6. The van der Waals surface area contributed by atoms with Crippen LogP contribution in [0.15, 0.2) is 55.0 Å². The Morgan fingerprint density at radius 1 is 1.07 bits per heavy atom. The molecule has 0 unspecified atom stereocenters.